The summed E-state index contributed by atoms with van der Waals surface area (Å²) >= 11 is 0. The predicted molar refractivity (Wildman–Crippen MR) is 93.0 cm³/mol. The maximum atomic E-state index is 12.9. The maximum Gasteiger partial charge on any atom is 0.417 e. The molecule has 1 amide bonds. The van der Waals surface area contributed by atoms with Crippen LogP contribution in [0.15, 0.2) is 42.6 Å². The van der Waals surface area contributed by atoms with Gasteiger partial charge in [0, 0.05) is 32.4 Å². The Bertz CT molecular complexity index is 845. The second kappa shape index (κ2) is 7.90. The van der Waals surface area contributed by atoms with Crippen LogP contribution in [0.2, 0.25) is 0 Å². The number of alkyl halides is 6. The van der Waals surface area contributed by atoms with Gasteiger partial charge in [0.05, 0.1) is 16.8 Å². The van der Waals surface area contributed by atoms with Gasteiger partial charge in [0.1, 0.15) is 5.82 Å². The molecule has 5 nitrogen and oxygen atoms in total. The summed E-state index contributed by atoms with van der Waals surface area (Å²) in [6.07, 6.45) is -7.82. The minimum Gasteiger partial charge on any atom is -0.354 e. The molecule has 1 fully saturated rings. The molecule has 0 aliphatic carbocycles. The number of aromatic nitrogens is 1. The Labute approximate surface area is 162 Å². The first-order valence-electron chi connectivity index (χ1n) is 8.54. The lowest BCUT2D eigenvalue weighted by Crippen LogP contribution is -2.54. The predicted octanol–water partition coefficient (Wildman–Crippen LogP) is 3.82. The zero-order valence-corrected chi connectivity index (χ0v) is 14.9. The molecular weight excluding hydrogens is 402 g/mol. The van der Waals surface area contributed by atoms with Crippen LogP contribution in [0.3, 0.4) is 0 Å². The van der Waals surface area contributed by atoms with Gasteiger partial charge in [-0.15, -0.1) is 0 Å². The molecule has 0 saturated carbocycles. The maximum absolute atomic E-state index is 12.9. The summed E-state index contributed by atoms with van der Waals surface area (Å²) in [5.74, 6) is 0.356. The lowest BCUT2D eigenvalue weighted by Gasteiger charge is -2.39. The molecule has 156 valence electrons. The largest absolute Gasteiger partial charge is 0.417 e. The molecule has 3 rings (SSSR count). The molecule has 1 aromatic heterocycles. The van der Waals surface area contributed by atoms with Crippen LogP contribution in [0.4, 0.5) is 37.8 Å². The third kappa shape index (κ3) is 4.78. The van der Waals surface area contributed by atoms with Crippen molar-refractivity contribution in [2.45, 2.75) is 12.4 Å². The third-order valence-electron chi connectivity index (χ3n) is 4.50. The van der Waals surface area contributed by atoms with Gasteiger partial charge in [-0.2, -0.15) is 26.3 Å². The molecule has 29 heavy (non-hydrogen) atoms. The summed E-state index contributed by atoms with van der Waals surface area (Å²) < 4.78 is 76.6. The van der Waals surface area contributed by atoms with Crippen LogP contribution in [-0.2, 0) is 17.1 Å². The molecule has 0 N–H and O–H groups in total. The van der Waals surface area contributed by atoms with Gasteiger partial charge in [-0.1, -0.05) is 6.07 Å². The van der Waals surface area contributed by atoms with Gasteiger partial charge < -0.3 is 4.90 Å². The van der Waals surface area contributed by atoms with E-state index in [2.05, 4.69) is 4.98 Å². The Morgan fingerprint density at radius 2 is 1.55 bits per heavy atom. The normalized spacial score (nSPS) is 16.0. The molecule has 0 unspecified atom stereocenters. The van der Waals surface area contributed by atoms with Gasteiger partial charge in [0.15, 0.2) is 0 Å². The average molecular weight is 418 g/mol. The second-order valence-corrected chi connectivity index (χ2v) is 6.34. The number of hydrazine groups is 1. The Hall–Kier alpha value is -2.82. The molecule has 0 spiro atoms. The van der Waals surface area contributed by atoms with Crippen molar-refractivity contribution in [1.82, 2.24) is 9.99 Å². The number of carbonyl (C=O) groups is 1. The standard InChI is InChI=1S/C18H16F6N4O/c19-17(20,21)13-2-1-3-15(10-13)28(12-29)27-8-6-26(7-9-27)16-5-4-14(11-25-16)18(22,23)24/h1-5,10-12H,6-9H2. The van der Waals surface area contributed by atoms with E-state index in [9.17, 15) is 31.1 Å². The summed E-state index contributed by atoms with van der Waals surface area (Å²) in [5, 5.41) is 2.68. The van der Waals surface area contributed by atoms with Crippen molar-refractivity contribution in [1.29, 1.82) is 0 Å². The van der Waals surface area contributed by atoms with Gasteiger partial charge in [0.25, 0.3) is 0 Å². The first kappa shape index (κ1) is 20.9. The topological polar surface area (TPSA) is 39.7 Å². The number of halogens is 6. The summed E-state index contributed by atoms with van der Waals surface area (Å²) in [5.41, 5.74) is -1.64. The van der Waals surface area contributed by atoms with Crippen molar-refractivity contribution >= 4 is 17.9 Å². The van der Waals surface area contributed by atoms with E-state index < -0.39 is 23.5 Å². The lowest BCUT2D eigenvalue weighted by molar-refractivity contribution is -0.138. The number of nitrogens with zero attached hydrogens (tertiary/aromatic N) is 4. The Kier molecular flexibility index (Phi) is 5.69. The monoisotopic (exact) mass is 418 g/mol. The van der Waals surface area contributed by atoms with E-state index in [4.69, 9.17) is 0 Å². The fourth-order valence-corrected chi connectivity index (χ4v) is 3.00. The molecule has 2 heterocycles. The number of benzene rings is 1. The van der Waals surface area contributed by atoms with Gasteiger partial charge >= 0.3 is 12.4 Å². The summed E-state index contributed by atoms with van der Waals surface area (Å²) in [7, 11) is 0. The van der Waals surface area contributed by atoms with Crippen LogP contribution >= 0.6 is 0 Å². The van der Waals surface area contributed by atoms with Crippen molar-refractivity contribution < 1.29 is 31.1 Å². The lowest BCUT2D eigenvalue weighted by atomic mass is 10.2. The fraction of sp³-hybridized carbons (Fsp3) is 0.333. The third-order valence-corrected chi connectivity index (χ3v) is 4.50. The minimum absolute atomic E-state index is 0.0796. The van der Waals surface area contributed by atoms with E-state index in [-0.39, 0.29) is 18.8 Å². The molecule has 0 radical (unpaired) electrons. The van der Waals surface area contributed by atoms with Crippen LogP contribution in [0.5, 0.6) is 0 Å². The van der Waals surface area contributed by atoms with Crippen molar-refractivity contribution in [3.63, 3.8) is 0 Å². The fourth-order valence-electron chi connectivity index (χ4n) is 3.00. The molecule has 0 atom stereocenters. The molecule has 1 aliphatic rings. The van der Waals surface area contributed by atoms with E-state index in [0.717, 1.165) is 29.4 Å². The highest BCUT2D eigenvalue weighted by molar-refractivity contribution is 5.74. The minimum atomic E-state index is -4.53. The molecule has 0 bridgehead atoms. The number of pyridine rings is 1. The number of piperazine rings is 1. The van der Waals surface area contributed by atoms with Gasteiger partial charge in [-0.3, -0.25) is 4.79 Å². The Morgan fingerprint density at radius 1 is 0.897 bits per heavy atom. The Balaban J connectivity index is 1.68. The Morgan fingerprint density at radius 3 is 2.07 bits per heavy atom. The average Bonchev–Trinajstić information content (AvgIpc) is 2.68. The van der Waals surface area contributed by atoms with Crippen molar-refractivity contribution in [2.75, 3.05) is 36.1 Å². The highest BCUT2D eigenvalue weighted by Gasteiger charge is 2.32. The molecule has 11 heteroatoms. The van der Waals surface area contributed by atoms with Crippen LogP contribution < -0.4 is 9.91 Å². The highest BCUT2D eigenvalue weighted by Crippen LogP contribution is 2.32. The molecule has 1 aromatic carbocycles. The van der Waals surface area contributed by atoms with E-state index in [1.807, 2.05) is 0 Å². The number of anilines is 2. The molecule has 2 aromatic rings. The molecule has 1 aliphatic heterocycles. The quantitative estimate of drug-likeness (QED) is 0.559. The number of carbonyl (C=O) groups excluding carboxylic acids is 1. The number of amides is 1. The summed E-state index contributed by atoms with van der Waals surface area (Å²) in [6.45, 7) is 1.22. The summed E-state index contributed by atoms with van der Waals surface area (Å²) in [6, 6.07) is 6.63. The molecule has 1 saturated heterocycles. The first-order chi connectivity index (χ1) is 13.6. The van der Waals surface area contributed by atoms with E-state index >= 15 is 0 Å². The highest BCUT2D eigenvalue weighted by atomic mass is 19.4. The first-order valence-corrected chi connectivity index (χ1v) is 8.54. The summed E-state index contributed by atoms with van der Waals surface area (Å²) in [4.78, 5) is 17.1. The zero-order chi connectivity index (χ0) is 21.2. The SMILES string of the molecule is O=CN(c1cccc(C(F)(F)F)c1)N1CCN(c2ccc(C(F)(F)F)cn2)CC1. The van der Waals surface area contributed by atoms with E-state index in [1.54, 1.807) is 9.91 Å². The van der Waals surface area contributed by atoms with E-state index in [1.165, 1.54) is 18.2 Å². The molecular formula is C18H16F6N4O. The number of hydrogen-bond acceptors (Lipinski definition) is 4. The zero-order valence-electron chi connectivity index (χ0n) is 14.9. The van der Waals surface area contributed by atoms with Crippen molar-refractivity contribution in [3.05, 3.63) is 53.7 Å². The van der Waals surface area contributed by atoms with Crippen LogP contribution in [0, 0.1) is 0 Å². The van der Waals surface area contributed by atoms with Crippen LogP contribution in [0.25, 0.3) is 0 Å². The van der Waals surface area contributed by atoms with Crippen molar-refractivity contribution in [3.8, 4) is 0 Å². The second-order valence-electron chi connectivity index (χ2n) is 6.34. The van der Waals surface area contributed by atoms with Gasteiger partial charge in [-0.05, 0) is 30.3 Å². The smallest absolute Gasteiger partial charge is 0.354 e. The van der Waals surface area contributed by atoms with Gasteiger partial charge in [0.2, 0.25) is 6.41 Å². The van der Waals surface area contributed by atoms with E-state index in [0.29, 0.717) is 25.3 Å². The number of hydrogen-bond donors (Lipinski definition) is 0. The van der Waals surface area contributed by atoms with Crippen molar-refractivity contribution in [2.24, 2.45) is 0 Å². The van der Waals surface area contributed by atoms with Gasteiger partial charge in [-0.25, -0.2) is 15.0 Å². The number of rotatable bonds is 4. The van der Waals surface area contributed by atoms with Crippen LogP contribution in [-0.4, -0.2) is 42.6 Å². The van der Waals surface area contributed by atoms with Crippen LogP contribution in [0.1, 0.15) is 11.1 Å².